The van der Waals surface area contributed by atoms with Gasteiger partial charge in [-0.15, -0.1) is 5.54 Å². The van der Waals surface area contributed by atoms with Crippen LogP contribution in [0.5, 0.6) is 11.8 Å². The molecule has 0 bridgehead atoms. The molecule has 4 heterocycles. The first-order valence-electron chi connectivity index (χ1n) is 18.4. The number of aromatic hydroxyl groups is 1. The number of pyridine rings is 1. The SMILES string of the molecule is CC(C)[Si](C#Cc1c(F)ccc2cc(O)cc(-c3ncc4c(NC5(CF)CC5)nc(OC[C@@]56CCCN5C[C@H](F)C6)nc4c3F)c12)(C(C)C)C(C)C. The maximum Gasteiger partial charge on any atom is 0.319 e. The summed E-state index contributed by atoms with van der Waals surface area (Å²) in [5.41, 5.74) is 3.15. The number of rotatable bonds is 10. The van der Waals surface area contributed by atoms with Gasteiger partial charge in [-0.3, -0.25) is 9.88 Å². The molecule has 12 heteroatoms. The van der Waals surface area contributed by atoms with E-state index >= 15 is 8.78 Å². The third-order valence-corrected chi connectivity index (χ3v) is 18.3. The third-order valence-electron chi connectivity index (χ3n) is 12.0. The van der Waals surface area contributed by atoms with E-state index in [1.54, 1.807) is 0 Å². The van der Waals surface area contributed by atoms with Crippen LogP contribution in [0, 0.1) is 23.1 Å². The van der Waals surface area contributed by atoms with Crippen molar-refractivity contribution in [2.24, 2.45) is 0 Å². The second-order valence-corrected chi connectivity index (χ2v) is 21.7. The fourth-order valence-electron chi connectivity index (χ4n) is 9.06. The Morgan fingerprint density at radius 1 is 1.06 bits per heavy atom. The third kappa shape index (κ3) is 6.17. The standard InChI is InChI=1S/C40H47F4N5O2Si/c1-23(2)52(24(3)4,25(5)6)15-10-29-32(43)9-8-26-16-28(50)17-30(33(26)29)35-34(44)36-31(19-45-35)37(48-39(21-41)12-13-39)47-38(46-36)51-22-40-11-7-14-49(40)20-27(42)18-40/h8-9,16-17,19,23-25,27,50H,7,11-14,18,20-22H2,1-6H3,(H,46,47,48)/t27-,40+/m1/s1. The predicted octanol–water partition coefficient (Wildman–Crippen LogP) is 9.27. The number of hydrogen-bond acceptors (Lipinski definition) is 7. The zero-order chi connectivity index (χ0) is 37.2. The molecule has 1 saturated carbocycles. The normalized spacial score (nSPS) is 21.3. The van der Waals surface area contributed by atoms with E-state index in [0.717, 1.165) is 19.4 Å². The fraction of sp³-hybridized carbons (Fsp3) is 0.525. The van der Waals surface area contributed by atoms with Crippen molar-refractivity contribution in [3.63, 3.8) is 0 Å². The average Bonchev–Trinajstić information content (AvgIpc) is 3.65. The molecule has 1 aliphatic carbocycles. The van der Waals surface area contributed by atoms with Gasteiger partial charge in [0.25, 0.3) is 0 Å². The number of nitrogens with one attached hydrogen (secondary N) is 1. The molecule has 2 aromatic carbocycles. The molecule has 2 saturated heterocycles. The highest BCUT2D eigenvalue weighted by Gasteiger charge is 2.50. The molecule has 7 nitrogen and oxygen atoms in total. The van der Waals surface area contributed by atoms with E-state index < -0.39 is 43.6 Å². The molecule has 4 aromatic rings. The lowest BCUT2D eigenvalue weighted by Gasteiger charge is -2.38. The van der Waals surface area contributed by atoms with E-state index in [1.165, 1.54) is 30.5 Å². The van der Waals surface area contributed by atoms with Crippen molar-refractivity contribution < 1.29 is 27.4 Å². The summed E-state index contributed by atoms with van der Waals surface area (Å²) in [5, 5.41) is 15.0. The summed E-state index contributed by atoms with van der Waals surface area (Å²) in [5.74, 6) is 1.86. The van der Waals surface area contributed by atoms with Crippen LogP contribution in [0.4, 0.5) is 23.4 Å². The van der Waals surface area contributed by atoms with Crippen LogP contribution in [-0.4, -0.2) is 76.7 Å². The number of aromatic nitrogens is 3. The minimum atomic E-state index is -2.29. The minimum Gasteiger partial charge on any atom is -0.508 e. The predicted molar refractivity (Wildman–Crippen MR) is 200 cm³/mol. The number of phenols is 1. The van der Waals surface area contributed by atoms with Crippen molar-refractivity contribution in [3.8, 4) is 34.5 Å². The van der Waals surface area contributed by atoms with Gasteiger partial charge in [-0.25, -0.2) is 17.6 Å². The molecule has 0 radical (unpaired) electrons. The van der Waals surface area contributed by atoms with Gasteiger partial charge < -0.3 is 15.2 Å². The summed E-state index contributed by atoms with van der Waals surface area (Å²) in [6.07, 6.45) is 3.63. The van der Waals surface area contributed by atoms with Gasteiger partial charge in [0, 0.05) is 30.1 Å². The van der Waals surface area contributed by atoms with E-state index in [2.05, 4.69) is 78.2 Å². The Balaban J connectivity index is 1.39. The molecule has 2 atom stereocenters. The molecule has 52 heavy (non-hydrogen) atoms. The van der Waals surface area contributed by atoms with Crippen molar-refractivity contribution in [1.29, 1.82) is 0 Å². The van der Waals surface area contributed by atoms with E-state index in [-0.39, 0.29) is 51.9 Å². The van der Waals surface area contributed by atoms with Crippen LogP contribution < -0.4 is 10.1 Å². The summed E-state index contributed by atoms with van der Waals surface area (Å²) in [7, 11) is -2.29. The lowest BCUT2D eigenvalue weighted by molar-refractivity contribution is 0.107. The molecule has 7 rings (SSSR count). The van der Waals surface area contributed by atoms with Gasteiger partial charge in [0.1, 0.15) is 56.1 Å². The lowest BCUT2D eigenvalue weighted by atomic mass is 9.95. The Morgan fingerprint density at radius 2 is 1.79 bits per heavy atom. The lowest BCUT2D eigenvalue weighted by Crippen LogP contribution is -2.43. The monoisotopic (exact) mass is 733 g/mol. The van der Waals surface area contributed by atoms with Gasteiger partial charge in [-0.05, 0) is 72.4 Å². The van der Waals surface area contributed by atoms with Gasteiger partial charge in [-0.1, -0.05) is 53.5 Å². The van der Waals surface area contributed by atoms with Crippen molar-refractivity contribution in [3.05, 3.63) is 47.7 Å². The fourth-order valence-corrected chi connectivity index (χ4v) is 14.3. The van der Waals surface area contributed by atoms with Crippen molar-refractivity contribution >= 4 is 35.6 Å². The van der Waals surface area contributed by atoms with Crippen LogP contribution in [0.15, 0.2) is 30.5 Å². The largest absolute Gasteiger partial charge is 0.508 e. The topological polar surface area (TPSA) is 83.4 Å². The van der Waals surface area contributed by atoms with Crippen LogP contribution in [-0.2, 0) is 0 Å². The highest BCUT2D eigenvalue weighted by atomic mass is 28.3. The van der Waals surface area contributed by atoms with Gasteiger partial charge in [0.2, 0.25) is 0 Å². The molecule has 0 spiro atoms. The second-order valence-electron chi connectivity index (χ2n) is 16.1. The summed E-state index contributed by atoms with van der Waals surface area (Å²) in [6.45, 7) is 13.7. The minimum absolute atomic E-state index is 0.114. The highest BCUT2D eigenvalue weighted by molar-refractivity contribution is 6.90. The first kappa shape index (κ1) is 36.4. The number of nitrogens with zero attached hydrogens (tertiary/aromatic N) is 4. The molecule has 2 N–H and O–H groups in total. The van der Waals surface area contributed by atoms with Gasteiger partial charge >= 0.3 is 6.01 Å². The Bertz CT molecular complexity index is 2070. The highest BCUT2D eigenvalue weighted by Crippen LogP contribution is 2.45. The van der Waals surface area contributed by atoms with Crippen LogP contribution in [0.25, 0.3) is 32.9 Å². The van der Waals surface area contributed by atoms with Crippen molar-refractivity contribution in [2.45, 2.75) is 108 Å². The number of halogens is 4. The maximum absolute atomic E-state index is 17.1. The van der Waals surface area contributed by atoms with Crippen LogP contribution in [0.1, 0.15) is 79.2 Å². The average molecular weight is 734 g/mol. The second kappa shape index (κ2) is 13.5. The quantitative estimate of drug-likeness (QED) is 0.0956. The number of benzene rings is 2. The van der Waals surface area contributed by atoms with Crippen LogP contribution in [0.3, 0.4) is 0 Å². The molecular weight excluding hydrogens is 687 g/mol. The van der Waals surface area contributed by atoms with Crippen LogP contribution >= 0.6 is 0 Å². The summed E-state index contributed by atoms with van der Waals surface area (Å²) in [4.78, 5) is 15.7. The zero-order valence-electron chi connectivity index (χ0n) is 30.7. The number of hydrogen-bond donors (Lipinski definition) is 2. The summed E-state index contributed by atoms with van der Waals surface area (Å²) in [6, 6.07) is 5.59. The Hall–Kier alpha value is -3.95. The number of ether oxygens (including phenoxy) is 1. The molecule has 0 amide bonds. The number of phenolic OH excluding ortho intramolecular Hbond substituents is 1. The first-order chi connectivity index (χ1) is 24.7. The Morgan fingerprint density at radius 3 is 2.46 bits per heavy atom. The molecular formula is C40H47F4N5O2Si. The summed E-state index contributed by atoms with van der Waals surface area (Å²) < 4.78 is 67.7. The van der Waals surface area contributed by atoms with E-state index in [4.69, 9.17) is 4.74 Å². The maximum atomic E-state index is 17.1. The smallest absolute Gasteiger partial charge is 0.319 e. The molecule has 3 fully saturated rings. The number of fused-ring (bicyclic) bond motifs is 3. The van der Waals surface area contributed by atoms with Gasteiger partial charge in [-0.2, -0.15) is 9.97 Å². The van der Waals surface area contributed by atoms with Crippen LogP contribution in [0.2, 0.25) is 16.6 Å². The number of anilines is 1. The molecule has 276 valence electrons. The zero-order valence-corrected chi connectivity index (χ0v) is 31.7. The molecule has 2 aromatic heterocycles. The van der Waals surface area contributed by atoms with E-state index in [0.29, 0.717) is 53.2 Å². The first-order valence-corrected chi connectivity index (χ1v) is 20.7. The molecule has 0 unspecified atom stereocenters. The van der Waals surface area contributed by atoms with Crippen molar-refractivity contribution in [2.75, 3.05) is 31.7 Å². The van der Waals surface area contributed by atoms with Crippen molar-refractivity contribution in [1.82, 2.24) is 19.9 Å². The number of alkyl halides is 2. The van der Waals surface area contributed by atoms with E-state index in [9.17, 15) is 13.9 Å². The Kier molecular flexibility index (Phi) is 9.43. The Labute approximate surface area is 303 Å². The summed E-state index contributed by atoms with van der Waals surface area (Å²) >= 11 is 0. The molecule has 2 aliphatic heterocycles. The van der Waals surface area contributed by atoms with Gasteiger partial charge in [0.05, 0.1) is 22.0 Å². The van der Waals surface area contributed by atoms with Gasteiger partial charge in [0.15, 0.2) is 5.82 Å². The van der Waals surface area contributed by atoms with E-state index in [1.807, 2.05) is 0 Å². The molecule has 3 aliphatic rings.